The summed E-state index contributed by atoms with van der Waals surface area (Å²) in [6, 6.07) is 0.512. The molecule has 1 saturated heterocycles. The molecule has 2 N–H and O–H groups in total. The van der Waals surface area contributed by atoms with Crippen molar-refractivity contribution >= 4 is 0 Å². The summed E-state index contributed by atoms with van der Waals surface area (Å²) in [6.07, 6.45) is 12.1. The topological polar surface area (TPSA) is 32.3 Å². The SMILES string of the molecule is OCCC1NCCCC12C=CCCC2. The van der Waals surface area contributed by atoms with Crippen LogP contribution in [0.3, 0.4) is 0 Å². The van der Waals surface area contributed by atoms with Gasteiger partial charge in [0.2, 0.25) is 0 Å². The lowest BCUT2D eigenvalue weighted by atomic mass is 9.67. The minimum absolute atomic E-state index is 0.313. The van der Waals surface area contributed by atoms with Crippen LogP contribution in [0.1, 0.15) is 38.5 Å². The van der Waals surface area contributed by atoms with Crippen molar-refractivity contribution in [3.63, 3.8) is 0 Å². The Morgan fingerprint density at radius 1 is 1.36 bits per heavy atom. The van der Waals surface area contributed by atoms with Crippen LogP contribution in [0.5, 0.6) is 0 Å². The lowest BCUT2D eigenvalue weighted by molar-refractivity contribution is 0.137. The molecule has 1 aliphatic carbocycles. The Kier molecular flexibility index (Phi) is 3.24. The quantitative estimate of drug-likeness (QED) is 0.659. The highest BCUT2D eigenvalue weighted by molar-refractivity contribution is 5.10. The Hall–Kier alpha value is -0.340. The molecule has 1 fully saturated rings. The molecule has 2 atom stereocenters. The average Bonchev–Trinajstić information content (AvgIpc) is 2.23. The second-order valence-electron chi connectivity index (χ2n) is 4.65. The molecule has 0 aromatic heterocycles. The normalized spacial score (nSPS) is 37.6. The van der Waals surface area contributed by atoms with Crippen molar-refractivity contribution in [3.8, 4) is 0 Å². The van der Waals surface area contributed by atoms with Crippen LogP contribution < -0.4 is 5.32 Å². The summed E-state index contributed by atoms with van der Waals surface area (Å²) < 4.78 is 0. The fraction of sp³-hybridized carbons (Fsp3) is 0.833. The maximum Gasteiger partial charge on any atom is 0.0446 e. The van der Waals surface area contributed by atoms with Gasteiger partial charge < -0.3 is 10.4 Å². The van der Waals surface area contributed by atoms with E-state index in [0.717, 1.165) is 13.0 Å². The summed E-state index contributed by atoms with van der Waals surface area (Å²) in [5, 5.41) is 12.6. The molecule has 2 rings (SSSR count). The number of aliphatic hydroxyl groups excluding tert-OH is 1. The van der Waals surface area contributed by atoms with E-state index in [1.54, 1.807) is 0 Å². The zero-order valence-electron chi connectivity index (χ0n) is 8.84. The van der Waals surface area contributed by atoms with Gasteiger partial charge in [-0.15, -0.1) is 0 Å². The third kappa shape index (κ3) is 1.86. The lowest BCUT2D eigenvalue weighted by Gasteiger charge is -2.44. The second-order valence-corrected chi connectivity index (χ2v) is 4.65. The summed E-state index contributed by atoms with van der Waals surface area (Å²) in [7, 11) is 0. The molecule has 80 valence electrons. The molecule has 0 aromatic rings. The van der Waals surface area contributed by atoms with E-state index in [0.29, 0.717) is 18.1 Å². The molecule has 0 radical (unpaired) electrons. The summed E-state index contributed by atoms with van der Waals surface area (Å²) in [6.45, 7) is 1.44. The predicted octanol–water partition coefficient (Wildman–Crippen LogP) is 1.85. The Morgan fingerprint density at radius 2 is 2.21 bits per heavy atom. The van der Waals surface area contributed by atoms with Gasteiger partial charge in [-0.25, -0.2) is 0 Å². The van der Waals surface area contributed by atoms with Gasteiger partial charge in [-0.05, 0) is 45.1 Å². The molecule has 0 aromatic carbocycles. The van der Waals surface area contributed by atoms with Gasteiger partial charge >= 0.3 is 0 Å². The fourth-order valence-electron chi connectivity index (χ4n) is 3.04. The van der Waals surface area contributed by atoms with E-state index < -0.39 is 0 Å². The molecule has 2 aliphatic rings. The average molecular weight is 195 g/mol. The molecule has 1 aliphatic heterocycles. The molecular formula is C12H21NO. The van der Waals surface area contributed by atoms with Crippen molar-refractivity contribution in [1.82, 2.24) is 5.32 Å². The number of piperidine rings is 1. The van der Waals surface area contributed by atoms with Gasteiger partial charge in [0, 0.05) is 18.1 Å². The molecule has 1 heterocycles. The minimum Gasteiger partial charge on any atom is -0.396 e. The molecule has 0 bridgehead atoms. The molecule has 14 heavy (non-hydrogen) atoms. The number of hydrogen-bond donors (Lipinski definition) is 2. The van der Waals surface area contributed by atoms with Gasteiger partial charge in [-0.3, -0.25) is 0 Å². The zero-order chi connectivity index (χ0) is 9.86. The molecular weight excluding hydrogens is 174 g/mol. The van der Waals surface area contributed by atoms with Crippen LogP contribution in [0, 0.1) is 5.41 Å². The van der Waals surface area contributed by atoms with Crippen LogP contribution in [0.2, 0.25) is 0 Å². The van der Waals surface area contributed by atoms with Gasteiger partial charge in [0.15, 0.2) is 0 Å². The largest absolute Gasteiger partial charge is 0.396 e. The summed E-state index contributed by atoms with van der Waals surface area (Å²) in [5.41, 5.74) is 0.374. The van der Waals surface area contributed by atoms with E-state index in [1.807, 2.05) is 0 Å². The summed E-state index contributed by atoms with van der Waals surface area (Å²) >= 11 is 0. The van der Waals surface area contributed by atoms with E-state index in [9.17, 15) is 0 Å². The highest BCUT2D eigenvalue weighted by Gasteiger charge is 2.38. The second kappa shape index (κ2) is 4.45. The van der Waals surface area contributed by atoms with E-state index in [4.69, 9.17) is 5.11 Å². The first-order valence-corrected chi connectivity index (χ1v) is 5.89. The van der Waals surface area contributed by atoms with Crippen molar-refractivity contribution in [3.05, 3.63) is 12.2 Å². The van der Waals surface area contributed by atoms with Crippen LogP contribution in [0.15, 0.2) is 12.2 Å². The van der Waals surface area contributed by atoms with Crippen molar-refractivity contribution in [1.29, 1.82) is 0 Å². The Morgan fingerprint density at radius 3 is 2.93 bits per heavy atom. The van der Waals surface area contributed by atoms with E-state index in [-0.39, 0.29) is 0 Å². The predicted molar refractivity (Wildman–Crippen MR) is 58.2 cm³/mol. The first kappa shape index (κ1) is 10.2. The molecule has 2 nitrogen and oxygen atoms in total. The molecule has 2 heteroatoms. The molecule has 0 saturated carbocycles. The van der Waals surface area contributed by atoms with Gasteiger partial charge in [-0.2, -0.15) is 0 Å². The van der Waals surface area contributed by atoms with Gasteiger partial charge in [-0.1, -0.05) is 12.2 Å². The molecule has 0 amide bonds. The highest BCUT2D eigenvalue weighted by atomic mass is 16.3. The maximum absolute atomic E-state index is 9.07. The fourth-order valence-corrected chi connectivity index (χ4v) is 3.04. The Bertz CT molecular complexity index is 212. The highest BCUT2D eigenvalue weighted by Crippen LogP contribution is 2.41. The summed E-state index contributed by atoms with van der Waals surface area (Å²) in [5.74, 6) is 0. The molecule has 1 spiro atoms. The van der Waals surface area contributed by atoms with Crippen molar-refractivity contribution in [2.24, 2.45) is 5.41 Å². The van der Waals surface area contributed by atoms with E-state index in [2.05, 4.69) is 17.5 Å². The lowest BCUT2D eigenvalue weighted by Crippen LogP contribution is -2.49. The number of rotatable bonds is 2. The maximum atomic E-state index is 9.07. The Balaban J connectivity index is 2.10. The monoisotopic (exact) mass is 195 g/mol. The number of hydrogen-bond acceptors (Lipinski definition) is 2. The standard InChI is InChI=1S/C12H21NO/c14-10-5-11-12(8-4-9-13-11)6-2-1-3-7-12/h2,6,11,13-14H,1,3-5,7-10H2. The van der Waals surface area contributed by atoms with Crippen LogP contribution in [0.25, 0.3) is 0 Å². The number of allylic oxidation sites excluding steroid dienone is 1. The summed E-state index contributed by atoms with van der Waals surface area (Å²) in [4.78, 5) is 0. The number of aliphatic hydroxyl groups is 1. The van der Waals surface area contributed by atoms with Crippen molar-refractivity contribution in [2.75, 3.05) is 13.2 Å². The Labute approximate surface area is 86.4 Å². The smallest absolute Gasteiger partial charge is 0.0446 e. The van der Waals surface area contributed by atoms with Crippen LogP contribution >= 0.6 is 0 Å². The first-order valence-electron chi connectivity index (χ1n) is 5.89. The molecule has 2 unspecified atom stereocenters. The third-order valence-corrected chi connectivity index (χ3v) is 3.78. The van der Waals surface area contributed by atoms with Gasteiger partial charge in [0.25, 0.3) is 0 Å². The third-order valence-electron chi connectivity index (χ3n) is 3.78. The zero-order valence-corrected chi connectivity index (χ0v) is 8.84. The first-order chi connectivity index (χ1) is 6.87. The van der Waals surface area contributed by atoms with E-state index in [1.165, 1.54) is 32.1 Å². The minimum atomic E-state index is 0.313. The van der Waals surface area contributed by atoms with Crippen molar-refractivity contribution < 1.29 is 5.11 Å². The van der Waals surface area contributed by atoms with Crippen LogP contribution in [0.4, 0.5) is 0 Å². The van der Waals surface area contributed by atoms with Crippen LogP contribution in [-0.2, 0) is 0 Å². The van der Waals surface area contributed by atoms with Gasteiger partial charge in [0.05, 0.1) is 0 Å². The van der Waals surface area contributed by atoms with Crippen LogP contribution in [-0.4, -0.2) is 24.3 Å². The van der Waals surface area contributed by atoms with Crippen molar-refractivity contribution in [2.45, 2.75) is 44.6 Å². The van der Waals surface area contributed by atoms with E-state index >= 15 is 0 Å². The number of nitrogens with one attached hydrogen (secondary N) is 1. The van der Waals surface area contributed by atoms with Gasteiger partial charge in [0.1, 0.15) is 0 Å².